The van der Waals surface area contributed by atoms with Crippen LogP contribution in [0, 0.1) is 5.92 Å². The third kappa shape index (κ3) is 4.92. The highest BCUT2D eigenvalue weighted by Gasteiger charge is 2.24. The first-order valence-electron chi connectivity index (χ1n) is 11.0. The van der Waals surface area contributed by atoms with Gasteiger partial charge in [-0.2, -0.15) is 5.10 Å². The van der Waals surface area contributed by atoms with Crippen LogP contribution in [-0.2, 0) is 18.5 Å². The fraction of sp³-hybridized carbons (Fsp3) is 0.652. The Hall–Kier alpha value is -2.08. The van der Waals surface area contributed by atoms with E-state index < -0.39 is 0 Å². The van der Waals surface area contributed by atoms with Gasteiger partial charge in [-0.1, -0.05) is 27.2 Å². The SMILES string of the molecule is CC(C)(C)c1ccc(=O)n(CC2CCN(Cc3ccnc(C4CCC4)n3)CC2)n1. The summed E-state index contributed by atoms with van der Waals surface area (Å²) in [6.07, 6.45) is 7.88. The lowest BCUT2D eigenvalue weighted by Gasteiger charge is -2.32. The van der Waals surface area contributed by atoms with Crippen LogP contribution in [-0.4, -0.2) is 37.7 Å². The minimum absolute atomic E-state index is 0.00457. The van der Waals surface area contributed by atoms with Crippen molar-refractivity contribution in [2.45, 2.75) is 77.3 Å². The molecule has 4 rings (SSSR count). The second kappa shape index (κ2) is 8.34. The number of hydrogen-bond donors (Lipinski definition) is 0. The Bertz CT molecular complexity index is 889. The van der Waals surface area contributed by atoms with E-state index >= 15 is 0 Å². The number of nitrogens with zero attached hydrogens (tertiary/aromatic N) is 5. The van der Waals surface area contributed by atoms with E-state index in [-0.39, 0.29) is 11.0 Å². The Morgan fingerprint density at radius 1 is 1.07 bits per heavy atom. The largest absolute Gasteiger partial charge is 0.297 e. The molecule has 2 aliphatic rings. The normalized spacial score (nSPS) is 19.3. The molecule has 156 valence electrons. The van der Waals surface area contributed by atoms with Crippen molar-refractivity contribution in [1.29, 1.82) is 0 Å². The van der Waals surface area contributed by atoms with Crippen molar-refractivity contribution in [2.75, 3.05) is 13.1 Å². The number of hydrogen-bond acceptors (Lipinski definition) is 5. The highest BCUT2D eigenvalue weighted by molar-refractivity contribution is 5.11. The summed E-state index contributed by atoms with van der Waals surface area (Å²) in [4.78, 5) is 24.0. The van der Waals surface area contributed by atoms with Gasteiger partial charge in [-0.3, -0.25) is 9.69 Å². The third-order valence-electron chi connectivity index (χ3n) is 6.36. The van der Waals surface area contributed by atoms with E-state index in [0.29, 0.717) is 11.8 Å². The third-order valence-corrected chi connectivity index (χ3v) is 6.36. The summed E-state index contributed by atoms with van der Waals surface area (Å²) in [5.41, 5.74) is 2.07. The van der Waals surface area contributed by atoms with Gasteiger partial charge < -0.3 is 0 Å². The minimum atomic E-state index is -0.0469. The number of aromatic nitrogens is 4. The summed E-state index contributed by atoms with van der Waals surface area (Å²) in [7, 11) is 0. The number of rotatable bonds is 5. The molecule has 0 atom stereocenters. The fourth-order valence-electron chi connectivity index (χ4n) is 4.14. The summed E-state index contributed by atoms with van der Waals surface area (Å²) >= 11 is 0. The second-order valence-corrected chi connectivity index (χ2v) is 9.74. The van der Waals surface area contributed by atoms with Crippen molar-refractivity contribution in [3.05, 3.63) is 52.0 Å². The van der Waals surface area contributed by atoms with Crippen molar-refractivity contribution in [3.63, 3.8) is 0 Å². The minimum Gasteiger partial charge on any atom is -0.297 e. The highest BCUT2D eigenvalue weighted by atomic mass is 16.1. The summed E-state index contributed by atoms with van der Waals surface area (Å²) in [5.74, 6) is 2.12. The molecule has 0 spiro atoms. The van der Waals surface area contributed by atoms with Crippen molar-refractivity contribution < 1.29 is 0 Å². The molecule has 0 bridgehead atoms. The molecule has 0 radical (unpaired) electrons. The molecule has 1 saturated heterocycles. The van der Waals surface area contributed by atoms with E-state index in [1.54, 1.807) is 10.7 Å². The Labute approximate surface area is 173 Å². The average Bonchev–Trinajstić information content (AvgIpc) is 2.63. The van der Waals surface area contributed by atoms with Crippen LogP contribution in [0.4, 0.5) is 0 Å². The first kappa shape index (κ1) is 20.2. The van der Waals surface area contributed by atoms with Crippen molar-refractivity contribution >= 4 is 0 Å². The summed E-state index contributed by atoms with van der Waals surface area (Å²) in [6.45, 7) is 10.1. The lowest BCUT2D eigenvalue weighted by molar-refractivity contribution is 0.161. The highest BCUT2D eigenvalue weighted by Crippen LogP contribution is 2.34. The molecular weight excluding hydrogens is 362 g/mol. The van der Waals surface area contributed by atoms with E-state index in [9.17, 15) is 4.79 Å². The lowest BCUT2D eigenvalue weighted by Crippen LogP contribution is -2.37. The fourth-order valence-corrected chi connectivity index (χ4v) is 4.14. The molecule has 2 aromatic heterocycles. The molecule has 6 heteroatoms. The van der Waals surface area contributed by atoms with Gasteiger partial charge in [0.2, 0.25) is 0 Å². The number of piperidine rings is 1. The van der Waals surface area contributed by atoms with Gasteiger partial charge in [-0.25, -0.2) is 14.6 Å². The Balaban J connectivity index is 1.33. The van der Waals surface area contributed by atoms with Gasteiger partial charge in [-0.15, -0.1) is 0 Å². The summed E-state index contributed by atoms with van der Waals surface area (Å²) in [5, 5.41) is 4.64. The van der Waals surface area contributed by atoms with Crippen molar-refractivity contribution in [1.82, 2.24) is 24.6 Å². The van der Waals surface area contributed by atoms with Crippen LogP contribution >= 0.6 is 0 Å². The lowest BCUT2D eigenvalue weighted by atomic mass is 9.85. The van der Waals surface area contributed by atoms with Crippen molar-refractivity contribution in [3.8, 4) is 0 Å². The molecule has 29 heavy (non-hydrogen) atoms. The first-order chi connectivity index (χ1) is 13.9. The first-order valence-corrected chi connectivity index (χ1v) is 11.0. The van der Waals surface area contributed by atoms with Crippen LogP contribution in [0.5, 0.6) is 0 Å². The van der Waals surface area contributed by atoms with E-state index in [1.165, 1.54) is 19.3 Å². The standard InChI is InChI=1S/C23H33N5O/c1-23(2,3)20-7-8-21(29)28(26-20)15-17-10-13-27(14-11-17)16-19-9-12-24-22(25-19)18-5-4-6-18/h7-9,12,17-18H,4-6,10-11,13-16H2,1-3H3. The molecule has 1 aliphatic carbocycles. The van der Waals surface area contributed by atoms with Crippen LogP contribution in [0.25, 0.3) is 0 Å². The summed E-state index contributed by atoms with van der Waals surface area (Å²) < 4.78 is 1.68. The molecule has 0 aromatic carbocycles. The van der Waals surface area contributed by atoms with Crippen LogP contribution < -0.4 is 5.56 Å². The Morgan fingerprint density at radius 3 is 2.48 bits per heavy atom. The Kier molecular flexibility index (Phi) is 5.81. The maximum absolute atomic E-state index is 12.3. The predicted molar refractivity (Wildman–Crippen MR) is 114 cm³/mol. The molecule has 1 aliphatic heterocycles. The van der Waals surface area contributed by atoms with E-state index in [1.807, 2.05) is 12.3 Å². The molecule has 0 N–H and O–H groups in total. The smallest absolute Gasteiger partial charge is 0.266 e. The van der Waals surface area contributed by atoms with Crippen LogP contribution in [0.2, 0.25) is 0 Å². The van der Waals surface area contributed by atoms with Gasteiger partial charge in [0, 0.05) is 36.7 Å². The van der Waals surface area contributed by atoms with Crippen LogP contribution in [0.3, 0.4) is 0 Å². The monoisotopic (exact) mass is 395 g/mol. The van der Waals surface area contributed by atoms with E-state index in [2.05, 4.69) is 41.8 Å². The zero-order valence-corrected chi connectivity index (χ0v) is 18.0. The van der Waals surface area contributed by atoms with Gasteiger partial charge in [0.05, 0.1) is 11.4 Å². The van der Waals surface area contributed by atoms with Gasteiger partial charge in [0.15, 0.2) is 0 Å². The van der Waals surface area contributed by atoms with Gasteiger partial charge in [0.1, 0.15) is 5.82 Å². The average molecular weight is 396 g/mol. The molecule has 0 amide bonds. The molecule has 2 aromatic rings. The molecule has 3 heterocycles. The van der Waals surface area contributed by atoms with Gasteiger partial charge >= 0.3 is 0 Å². The van der Waals surface area contributed by atoms with Crippen LogP contribution in [0.1, 0.15) is 76.0 Å². The maximum atomic E-state index is 12.3. The predicted octanol–water partition coefficient (Wildman–Crippen LogP) is 3.51. The van der Waals surface area contributed by atoms with Crippen molar-refractivity contribution in [2.24, 2.45) is 5.92 Å². The van der Waals surface area contributed by atoms with E-state index in [0.717, 1.165) is 56.2 Å². The molecule has 6 nitrogen and oxygen atoms in total. The molecule has 1 saturated carbocycles. The van der Waals surface area contributed by atoms with Gasteiger partial charge in [-0.05, 0) is 56.8 Å². The number of likely N-dealkylation sites (tertiary alicyclic amines) is 1. The zero-order valence-electron chi connectivity index (χ0n) is 18.0. The second-order valence-electron chi connectivity index (χ2n) is 9.74. The topological polar surface area (TPSA) is 63.9 Å². The quantitative estimate of drug-likeness (QED) is 0.775. The molecule has 2 fully saturated rings. The zero-order chi connectivity index (χ0) is 20.4. The summed E-state index contributed by atoms with van der Waals surface area (Å²) in [6, 6.07) is 5.58. The molecular formula is C23H33N5O. The van der Waals surface area contributed by atoms with E-state index in [4.69, 9.17) is 4.98 Å². The maximum Gasteiger partial charge on any atom is 0.266 e. The van der Waals surface area contributed by atoms with Gasteiger partial charge in [0.25, 0.3) is 5.56 Å². The Morgan fingerprint density at radius 2 is 1.83 bits per heavy atom. The van der Waals surface area contributed by atoms with Crippen LogP contribution in [0.15, 0.2) is 29.2 Å². The molecule has 0 unspecified atom stereocenters.